The summed E-state index contributed by atoms with van der Waals surface area (Å²) in [6.07, 6.45) is 0.610. The van der Waals surface area contributed by atoms with Crippen molar-refractivity contribution in [1.29, 1.82) is 0 Å². The minimum atomic E-state index is -3.79. The van der Waals surface area contributed by atoms with Crippen molar-refractivity contribution in [2.45, 2.75) is 43.7 Å². The van der Waals surface area contributed by atoms with Crippen LogP contribution in [-0.4, -0.2) is 56.1 Å². The van der Waals surface area contributed by atoms with Crippen molar-refractivity contribution in [1.82, 2.24) is 4.31 Å². The summed E-state index contributed by atoms with van der Waals surface area (Å²) in [5.74, 6) is -0.890. The lowest BCUT2D eigenvalue weighted by Crippen LogP contribution is -2.58. The number of aliphatic carboxylic acids is 1. The molecule has 172 valence electrons. The highest BCUT2D eigenvalue weighted by Crippen LogP contribution is 2.36. The van der Waals surface area contributed by atoms with E-state index in [1.807, 2.05) is 32.0 Å². The summed E-state index contributed by atoms with van der Waals surface area (Å²) in [6, 6.07) is 10.1. The van der Waals surface area contributed by atoms with Crippen LogP contribution in [0.5, 0.6) is 5.75 Å². The third-order valence-corrected chi connectivity index (χ3v) is 8.91. The summed E-state index contributed by atoms with van der Waals surface area (Å²) in [6.45, 7) is 4.83. The van der Waals surface area contributed by atoms with E-state index in [-0.39, 0.29) is 23.4 Å². The minimum Gasteiger partial charge on any atom is -0.495 e. The molecule has 1 N–H and O–H groups in total. The number of carboxylic acids is 1. The van der Waals surface area contributed by atoms with Gasteiger partial charge in [0.2, 0.25) is 10.0 Å². The summed E-state index contributed by atoms with van der Waals surface area (Å²) < 4.78 is 34.4. The Morgan fingerprint density at radius 2 is 1.81 bits per heavy atom. The second-order valence-electron chi connectivity index (χ2n) is 8.59. The number of fused-ring (bicyclic) bond motifs is 1. The van der Waals surface area contributed by atoms with Gasteiger partial charge in [-0.25, -0.2) is 8.42 Å². The molecule has 32 heavy (non-hydrogen) atoms. The first kappa shape index (κ1) is 22.9. The van der Waals surface area contributed by atoms with Gasteiger partial charge in [-0.1, -0.05) is 23.7 Å². The van der Waals surface area contributed by atoms with Gasteiger partial charge in [-0.3, -0.25) is 4.79 Å². The van der Waals surface area contributed by atoms with Crippen LogP contribution in [0.4, 0.5) is 5.69 Å². The standard InChI is InChI=1S/C23H27ClN2O5S/c1-14-12-25(18-7-8-20(24)21(11-18)31-3)13-15(2)26(14)32(29,30)22-6-4-5-16-9-17(23(27)28)10-19(16)22/h4-8,11,14-15,17H,9-10,12-13H2,1-3H3,(H,27,28)/t14-,15+,17?. The molecular formula is C23H27ClN2O5S. The number of anilines is 1. The van der Waals surface area contributed by atoms with Gasteiger partial charge in [0.1, 0.15) is 5.75 Å². The number of rotatable bonds is 5. The number of sulfonamides is 1. The van der Waals surface area contributed by atoms with Crippen molar-refractivity contribution in [2.24, 2.45) is 5.92 Å². The zero-order chi connectivity index (χ0) is 23.2. The van der Waals surface area contributed by atoms with E-state index < -0.39 is 21.9 Å². The van der Waals surface area contributed by atoms with Crippen LogP contribution in [0, 0.1) is 5.92 Å². The van der Waals surface area contributed by atoms with Crippen LogP contribution in [0.25, 0.3) is 0 Å². The van der Waals surface area contributed by atoms with Gasteiger partial charge in [-0.05, 0) is 56.0 Å². The lowest BCUT2D eigenvalue weighted by atomic mass is 10.1. The van der Waals surface area contributed by atoms with Gasteiger partial charge < -0.3 is 14.7 Å². The van der Waals surface area contributed by atoms with Crippen molar-refractivity contribution in [3.8, 4) is 5.75 Å². The first-order chi connectivity index (χ1) is 15.1. The van der Waals surface area contributed by atoms with Crippen LogP contribution in [0.2, 0.25) is 5.02 Å². The van der Waals surface area contributed by atoms with E-state index in [4.69, 9.17) is 16.3 Å². The molecule has 1 fully saturated rings. The number of benzene rings is 2. The number of nitrogens with zero attached hydrogens (tertiary/aromatic N) is 2. The summed E-state index contributed by atoms with van der Waals surface area (Å²) in [4.78, 5) is 13.9. The summed E-state index contributed by atoms with van der Waals surface area (Å²) in [5, 5.41) is 9.95. The maximum absolute atomic E-state index is 13.8. The van der Waals surface area contributed by atoms with E-state index in [9.17, 15) is 18.3 Å². The second kappa shape index (κ2) is 8.57. The molecule has 3 atom stereocenters. The number of ether oxygens (including phenoxy) is 1. The smallest absolute Gasteiger partial charge is 0.307 e. The van der Waals surface area contributed by atoms with Crippen molar-refractivity contribution >= 4 is 33.3 Å². The van der Waals surface area contributed by atoms with Crippen molar-refractivity contribution in [2.75, 3.05) is 25.1 Å². The monoisotopic (exact) mass is 478 g/mol. The van der Waals surface area contributed by atoms with Crippen LogP contribution in [-0.2, 0) is 27.7 Å². The number of hydrogen-bond donors (Lipinski definition) is 1. The summed E-state index contributed by atoms with van der Waals surface area (Å²) in [5.41, 5.74) is 2.38. The van der Waals surface area contributed by atoms with Gasteiger partial charge >= 0.3 is 5.97 Å². The highest BCUT2D eigenvalue weighted by molar-refractivity contribution is 7.89. The number of piperazine rings is 1. The summed E-state index contributed by atoms with van der Waals surface area (Å²) in [7, 11) is -2.23. The van der Waals surface area contributed by atoms with Crippen LogP contribution in [0.15, 0.2) is 41.3 Å². The van der Waals surface area contributed by atoms with Gasteiger partial charge in [0.05, 0.1) is 22.9 Å². The number of halogens is 1. The van der Waals surface area contributed by atoms with E-state index in [0.29, 0.717) is 35.8 Å². The molecule has 1 aliphatic carbocycles. The Labute approximate surface area is 193 Å². The molecule has 1 heterocycles. The maximum atomic E-state index is 13.8. The Bertz CT molecular complexity index is 1140. The highest BCUT2D eigenvalue weighted by Gasteiger charge is 2.41. The predicted molar refractivity (Wildman–Crippen MR) is 123 cm³/mol. The molecule has 2 aliphatic rings. The molecule has 9 heteroatoms. The fourth-order valence-corrected chi connectivity index (χ4v) is 7.26. The zero-order valence-corrected chi connectivity index (χ0v) is 19.9. The fraction of sp³-hybridized carbons (Fsp3) is 0.435. The average molecular weight is 479 g/mol. The number of methoxy groups -OCH3 is 1. The fourth-order valence-electron chi connectivity index (χ4n) is 4.99. The largest absolute Gasteiger partial charge is 0.495 e. The lowest BCUT2D eigenvalue weighted by molar-refractivity contribution is -0.141. The molecule has 0 saturated carbocycles. The Morgan fingerprint density at radius 3 is 2.44 bits per heavy atom. The van der Waals surface area contributed by atoms with Crippen molar-refractivity contribution in [3.63, 3.8) is 0 Å². The molecule has 0 amide bonds. The van der Waals surface area contributed by atoms with Crippen LogP contribution < -0.4 is 9.64 Å². The van der Waals surface area contributed by atoms with Crippen molar-refractivity contribution in [3.05, 3.63) is 52.5 Å². The third-order valence-electron chi connectivity index (χ3n) is 6.39. The SMILES string of the molecule is COc1cc(N2C[C@@H](C)N(S(=O)(=O)c3cccc4c3CC(C(=O)O)C4)[C@@H](C)C2)ccc1Cl. The molecule has 2 aromatic rings. The number of carbonyl (C=O) groups is 1. The first-order valence-corrected chi connectivity index (χ1v) is 12.4. The molecular weight excluding hydrogens is 452 g/mol. The predicted octanol–water partition coefficient (Wildman–Crippen LogP) is 3.44. The molecule has 0 radical (unpaired) electrons. The van der Waals surface area contributed by atoms with Gasteiger partial charge in [0.25, 0.3) is 0 Å². The second-order valence-corrected chi connectivity index (χ2v) is 10.8. The van der Waals surface area contributed by atoms with E-state index in [1.54, 1.807) is 29.6 Å². The number of carboxylic acid groups (broad SMARTS) is 1. The molecule has 0 spiro atoms. The van der Waals surface area contributed by atoms with E-state index in [2.05, 4.69) is 4.90 Å². The van der Waals surface area contributed by atoms with E-state index >= 15 is 0 Å². The maximum Gasteiger partial charge on any atom is 0.307 e. The van der Waals surface area contributed by atoms with E-state index in [1.165, 1.54) is 0 Å². The Balaban J connectivity index is 1.62. The van der Waals surface area contributed by atoms with E-state index in [0.717, 1.165) is 11.3 Å². The van der Waals surface area contributed by atoms with Crippen LogP contribution in [0.1, 0.15) is 25.0 Å². The molecule has 0 bridgehead atoms. The quantitative estimate of drug-likeness (QED) is 0.708. The lowest BCUT2D eigenvalue weighted by Gasteiger charge is -2.44. The summed E-state index contributed by atoms with van der Waals surface area (Å²) >= 11 is 6.15. The molecule has 7 nitrogen and oxygen atoms in total. The third kappa shape index (κ3) is 3.95. The average Bonchev–Trinajstić information content (AvgIpc) is 3.18. The minimum absolute atomic E-state index is 0.235. The molecule has 1 saturated heterocycles. The normalized spacial score (nSPS) is 23.8. The van der Waals surface area contributed by atoms with Crippen molar-refractivity contribution < 1.29 is 23.1 Å². The number of hydrogen-bond acceptors (Lipinski definition) is 5. The van der Waals surface area contributed by atoms with Gasteiger partial charge in [-0.15, -0.1) is 0 Å². The van der Waals surface area contributed by atoms with Gasteiger partial charge in [-0.2, -0.15) is 4.31 Å². The molecule has 2 aromatic carbocycles. The molecule has 1 aliphatic heterocycles. The first-order valence-electron chi connectivity index (χ1n) is 10.6. The van der Waals surface area contributed by atoms with Gasteiger partial charge in [0.15, 0.2) is 0 Å². The topological polar surface area (TPSA) is 87.2 Å². The van der Waals surface area contributed by atoms with Crippen LogP contribution in [0.3, 0.4) is 0 Å². The van der Waals surface area contributed by atoms with Gasteiger partial charge in [0, 0.05) is 36.9 Å². The Morgan fingerprint density at radius 1 is 1.12 bits per heavy atom. The molecule has 1 unspecified atom stereocenters. The highest BCUT2D eigenvalue weighted by atomic mass is 35.5. The zero-order valence-electron chi connectivity index (χ0n) is 18.3. The molecule has 0 aromatic heterocycles. The Kier molecular flexibility index (Phi) is 6.13. The van der Waals surface area contributed by atoms with Crippen LogP contribution >= 0.6 is 11.6 Å². The Hall–Kier alpha value is -2.29. The molecule has 4 rings (SSSR count).